The molecule has 2 N–H and O–H groups in total. The van der Waals surface area contributed by atoms with Gasteiger partial charge in [0.25, 0.3) is 0 Å². The smallest absolute Gasteiger partial charge is 0.218 e. The van der Waals surface area contributed by atoms with Gasteiger partial charge in [-0.25, -0.2) is 9.97 Å². The Morgan fingerprint density at radius 2 is 2.31 bits per heavy atom. The molecule has 0 bridgehead atoms. The molecule has 0 aliphatic carbocycles. The lowest BCUT2D eigenvalue weighted by Crippen LogP contribution is -2.05. The van der Waals surface area contributed by atoms with E-state index in [1.54, 1.807) is 23.2 Å². The summed E-state index contributed by atoms with van der Waals surface area (Å²) in [5.41, 5.74) is 7.47. The third-order valence-corrected chi connectivity index (χ3v) is 2.31. The molecule has 0 spiro atoms. The van der Waals surface area contributed by atoms with E-state index in [-0.39, 0.29) is 0 Å². The van der Waals surface area contributed by atoms with Crippen LogP contribution in [0.5, 0.6) is 0 Å². The molecular formula is C11H11N5. The van der Waals surface area contributed by atoms with E-state index in [1.165, 1.54) is 0 Å². The van der Waals surface area contributed by atoms with Gasteiger partial charge in [-0.3, -0.25) is 4.57 Å². The monoisotopic (exact) mass is 213 g/mol. The zero-order valence-electron chi connectivity index (χ0n) is 8.88. The third-order valence-electron chi connectivity index (χ3n) is 2.31. The van der Waals surface area contributed by atoms with Gasteiger partial charge in [-0.15, -0.1) is 0 Å². The second kappa shape index (κ2) is 4.13. The number of aryl methyl sites for hydroxylation is 1. The summed E-state index contributed by atoms with van der Waals surface area (Å²) < 4.78 is 1.66. The van der Waals surface area contributed by atoms with Gasteiger partial charge >= 0.3 is 0 Å². The van der Waals surface area contributed by atoms with E-state index in [9.17, 15) is 0 Å². The molecule has 0 aromatic carbocycles. The summed E-state index contributed by atoms with van der Waals surface area (Å²) >= 11 is 0. The molecule has 2 heterocycles. The summed E-state index contributed by atoms with van der Waals surface area (Å²) in [5.74, 6) is 1.04. The summed E-state index contributed by atoms with van der Waals surface area (Å²) in [7, 11) is 0. The van der Waals surface area contributed by atoms with Crippen LogP contribution in [0.25, 0.3) is 5.82 Å². The van der Waals surface area contributed by atoms with Gasteiger partial charge < -0.3 is 5.73 Å². The van der Waals surface area contributed by atoms with Crippen molar-refractivity contribution in [1.29, 1.82) is 5.26 Å². The van der Waals surface area contributed by atoms with Crippen LogP contribution in [0.4, 0.5) is 0 Å². The predicted molar refractivity (Wildman–Crippen MR) is 58.7 cm³/mol. The number of nitrogens with zero attached hydrogens (tertiary/aromatic N) is 4. The second-order valence-corrected chi connectivity index (χ2v) is 3.42. The maximum atomic E-state index is 8.88. The first-order valence-corrected chi connectivity index (χ1v) is 4.85. The number of imidazole rings is 1. The quantitative estimate of drug-likeness (QED) is 0.803. The number of pyridine rings is 1. The van der Waals surface area contributed by atoms with Crippen molar-refractivity contribution in [2.24, 2.45) is 5.73 Å². The van der Waals surface area contributed by atoms with Gasteiger partial charge in [-0.1, -0.05) is 0 Å². The predicted octanol–water partition coefficient (Wildman–Crippen LogP) is 0.906. The van der Waals surface area contributed by atoms with E-state index in [0.717, 1.165) is 11.1 Å². The molecule has 0 atom stereocenters. The number of rotatable bonds is 2. The van der Waals surface area contributed by atoms with Crippen molar-refractivity contribution in [3.05, 3.63) is 41.6 Å². The molecule has 80 valence electrons. The van der Waals surface area contributed by atoms with Crippen LogP contribution in [0.2, 0.25) is 0 Å². The van der Waals surface area contributed by atoms with Gasteiger partial charge in [0.1, 0.15) is 11.9 Å². The maximum absolute atomic E-state index is 8.88. The number of hydrogen-bond donors (Lipinski definition) is 1. The Morgan fingerprint density at radius 1 is 1.50 bits per heavy atom. The number of hydrogen-bond acceptors (Lipinski definition) is 4. The number of nitrogens with two attached hydrogens (primary N) is 1. The Bertz CT molecular complexity index is 550. The number of nitriles is 1. The topological polar surface area (TPSA) is 80.5 Å². The lowest BCUT2D eigenvalue weighted by atomic mass is 10.2. The highest BCUT2D eigenvalue weighted by molar-refractivity contribution is 5.38. The average molecular weight is 213 g/mol. The van der Waals surface area contributed by atoms with Gasteiger partial charge in [0.05, 0.1) is 0 Å². The van der Waals surface area contributed by atoms with Gasteiger partial charge in [0.2, 0.25) is 5.82 Å². The Balaban J connectivity index is 2.53. The van der Waals surface area contributed by atoms with Crippen molar-refractivity contribution in [3.63, 3.8) is 0 Å². The van der Waals surface area contributed by atoms with Gasteiger partial charge in [-0.2, -0.15) is 5.26 Å². The molecular weight excluding hydrogens is 202 g/mol. The third kappa shape index (κ3) is 1.66. The molecule has 0 aliphatic heterocycles. The summed E-state index contributed by atoms with van der Waals surface area (Å²) in [6.07, 6.45) is 5.01. The van der Waals surface area contributed by atoms with E-state index >= 15 is 0 Å². The van der Waals surface area contributed by atoms with Crippen molar-refractivity contribution in [1.82, 2.24) is 14.5 Å². The molecule has 2 aromatic rings. The van der Waals surface area contributed by atoms with E-state index in [4.69, 9.17) is 11.0 Å². The Morgan fingerprint density at radius 3 is 2.94 bits per heavy atom. The fraction of sp³-hybridized carbons (Fsp3) is 0.182. The Labute approximate surface area is 93.2 Å². The van der Waals surface area contributed by atoms with Crippen LogP contribution in [-0.4, -0.2) is 14.5 Å². The molecule has 0 saturated heterocycles. The normalized spacial score (nSPS) is 10.1. The molecule has 0 fully saturated rings. The van der Waals surface area contributed by atoms with Crippen LogP contribution in [0.3, 0.4) is 0 Å². The van der Waals surface area contributed by atoms with E-state index in [1.807, 2.05) is 19.1 Å². The van der Waals surface area contributed by atoms with Crippen molar-refractivity contribution >= 4 is 0 Å². The van der Waals surface area contributed by atoms with E-state index in [0.29, 0.717) is 18.2 Å². The highest BCUT2D eigenvalue weighted by atomic mass is 15.1. The van der Waals surface area contributed by atoms with Crippen LogP contribution < -0.4 is 5.73 Å². The van der Waals surface area contributed by atoms with E-state index in [2.05, 4.69) is 9.97 Å². The minimum Gasteiger partial charge on any atom is -0.326 e. The van der Waals surface area contributed by atoms with Crippen LogP contribution >= 0.6 is 0 Å². The number of aromatic nitrogens is 3. The van der Waals surface area contributed by atoms with Crippen molar-refractivity contribution in [2.75, 3.05) is 0 Å². The molecule has 2 aromatic heterocycles. The molecule has 0 amide bonds. The Hall–Kier alpha value is -2.19. The zero-order valence-corrected chi connectivity index (χ0v) is 8.88. The minimum absolute atomic E-state index is 0.330. The largest absolute Gasteiger partial charge is 0.326 e. The Kier molecular flexibility index (Phi) is 2.66. The van der Waals surface area contributed by atoms with Crippen molar-refractivity contribution in [2.45, 2.75) is 13.5 Å². The summed E-state index contributed by atoms with van der Waals surface area (Å²) in [6.45, 7) is 2.39. The molecule has 5 nitrogen and oxygen atoms in total. The van der Waals surface area contributed by atoms with Gasteiger partial charge in [0.15, 0.2) is 0 Å². The molecule has 0 saturated carbocycles. The first-order valence-electron chi connectivity index (χ1n) is 4.85. The first kappa shape index (κ1) is 10.3. The van der Waals surface area contributed by atoms with Crippen molar-refractivity contribution < 1.29 is 0 Å². The highest BCUT2D eigenvalue weighted by Gasteiger charge is 2.08. The maximum Gasteiger partial charge on any atom is 0.218 e. The van der Waals surface area contributed by atoms with Crippen LogP contribution in [-0.2, 0) is 6.54 Å². The first-order chi connectivity index (χ1) is 7.76. The summed E-state index contributed by atoms with van der Waals surface area (Å²) in [4.78, 5) is 8.22. The standard InChI is InChI=1S/C11H11N5/c1-8-4-9(5-12)7-15-11(8)16-3-2-14-10(16)6-13/h2-4,7H,5,12H2,1H3. The van der Waals surface area contributed by atoms with Gasteiger partial charge in [0, 0.05) is 25.1 Å². The minimum atomic E-state index is 0.330. The fourth-order valence-corrected chi connectivity index (χ4v) is 1.55. The molecule has 0 radical (unpaired) electrons. The van der Waals surface area contributed by atoms with Crippen LogP contribution in [0, 0.1) is 18.3 Å². The summed E-state index contributed by atoms with van der Waals surface area (Å²) in [5, 5.41) is 8.88. The lowest BCUT2D eigenvalue weighted by molar-refractivity contribution is 0.934. The fourth-order valence-electron chi connectivity index (χ4n) is 1.55. The second-order valence-electron chi connectivity index (χ2n) is 3.42. The molecule has 0 aliphatic rings. The molecule has 16 heavy (non-hydrogen) atoms. The van der Waals surface area contributed by atoms with E-state index < -0.39 is 0 Å². The molecule has 0 unspecified atom stereocenters. The van der Waals surface area contributed by atoms with Crippen molar-refractivity contribution in [3.8, 4) is 11.9 Å². The summed E-state index contributed by atoms with van der Waals surface area (Å²) in [6, 6.07) is 3.98. The van der Waals surface area contributed by atoms with Crippen LogP contribution in [0.1, 0.15) is 17.0 Å². The molecule has 2 rings (SSSR count). The zero-order chi connectivity index (χ0) is 11.5. The average Bonchev–Trinajstić information content (AvgIpc) is 2.76. The van der Waals surface area contributed by atoms with Gasteiger partial charge in [-0.05, 0) is 24.1 Å². The lowest BCUT2D eigenvalue weighted by Gasteiger charge is -2.07. The molecule has 5 heteroatoms. The van der Waals surface area contributed by atoms with Crippen LogP contribution in [0.15, 0.2) is 24.7 Å². The highest BCUT2D eigenvalue weighted by Crippen LogP contribution is 2.13. The SMILES string of the molecule is Cc1cc(CN)cnc1-n1ccnc1C#N.